The van der Waals surface area contributed by atoms with Gasteiger partial charge in [0.05, 0.1) is 0 Å². The molecule has 0 aliphatic heterocycles. The highest BCUT2D eigenvalue weighted by Crippen LogP contribution is 2.12. The first kappa shape index (κ1) is 12.5. The van der Waals surface area contributed by atoms with Gasteiger partial charge >= 0.3 is 0 Å². The van der Waals surface area contributed by atoms with Crippen LogP contribution in [0.25, 0.3) is 0 Å². The van der Waals surface area contributed by atoms with Gasteiger partial charge in [-0.25, -0.2) is 0 Å². The second kappa shape index (κ2) is 8.13. The number of allylic oxidation sites excluding steroid dienone is 5. The van der Waals surface area contributed by atoms with Crippen LogP contribution >= 0.6 is 7.55 Å². The molecule has 0 aliphatic rings. The Hall–Kier alpha value is -0.480. The van der Waals surface area contributed by atoms with E-state index < -0.39 is 0 Å². The third-order valence-electron chi connectivity index (χ3n) is 1.75. The first-order chi connectivity index (χ1) is 6.20. The number of hydrogen-bond acceptors (Lipinski definition) is 0. The van der Waals surface area contributed by atoms with Crippen LogP contribution in [0.3, 0.4) is 0 Å². The molecule has 0 rings (SSSR count). The summed E-state index contributed by atoms with van der Waals surface area (Å²) < 4.78 is 0. The van der Waals surface area contributed by atoms with Crippen LogP contribution in [0, 0.1) is 0 Å². The summed E-state index contributed by atoms with van der Waals surface area (Å²) in [5.74, 6) is 2.44. The predicted molar refractivity (Wildman–Crippen MR) is 68.6 cm³/mol. The molecule has 0 saturated carbocycles. The third kappa shape index (κ3) is 7.87. The van der Waals surface area contributed by atoms with Gasteiger partial charge in [0.15, 0.2) is 0 Å². The highest BCUT2D eigenvalue weighted by molar-refractivity contribution is 7.55. The lowest BCUT2D eigenvalue weighted by atomic mass is 10.1. The van der Waals surface area contributed by atoms with Crippen molar-refractivity contribution in [3.8, 4) is 0 Å². The van der Waals surface area contributed by atoms with Crippen LogP contribution in [0.2, 0.25) is 0 Å². The molecule has 0 nitrogen and oxygen atoms in total. The predicted octanol–water partition coefficient (Wildman–Crippen LogP) is 3.73. The van der Waals surface area contributed by atoms with Gasteiger partial charge < -0.3 is 0 Å². The fourth-order valence-electron chi connectivity index (χ4n) is 1.00. The molecule has 0 bridgehead atoms. The maximum atomic E-state index is 3.80. The lowest BCUT2D eigenvalue weighted by Crippen LogP contribution is -1.80. The molecule has 1 heteroatoms. The zero-order valence-electron chi connectivity index (χ0n) is 9.01. The van der Waals surface area contributed by atoms with E-state index in [1.807, 2.05) is 19.1 Å². The van der Waals surface area contributed by atoms with E-state index in [9.17, 15) is 0 Å². The molecule has 0 aromatic heterocycles. The van der Waals surface area contributed by atoms with Crippen LogP contribution < -0.4 is 0 Å². The fraction of sp³-hybridized carbons (Fsp3) is 0.417. The van der Waals surface area contributed by atoms with Crippen molar-refractivity contribution >= 4 is 13.3 Å². The molecule has 0 unspecified atom stereocenters. The van der Waals surface area contributed by atoms with Gasteiger partial charge in [-0.1, -0.05) is 36.7 Å². The van der Waals surface area contributed by atoms with Gasteiger partial charge in [0.1, 0.15) is 0 Å². The van der Waals surface area contributed by atoms with Crippen LogP contribution in [-0.2, 0) is 0 Å². The molecule has 0 aliphatic carbocycles. The van der Waals surface area contributed by atoms with E-state index in [1.54, 1.807) is 0 Å². The minimum absolute atomic E-state index is 0.163. The Kier molecular flexibility index (Phi) is 7.83. The minimum Gasteiger partial charge on any atom is -0.127 e. The van der Waals surface area contributed by atoms with Crippen LogP contribution in [0.15, 0.2) is 36.5 Å². The molecule has 0 aromatic carbocycles. The van der Waals surface area contributed by atoms with Crippen molar-refractivity contribution in [3.05, 3.63) is 36.5 Å². The van der Waals surface area contributed by atoms with E-state index in [2.05, 4.69) is 37.9 Å². The molecule has 0 amide bonds. The van der Waals surface area contributed by atoms with Gasteiger partial charge in [0, 0.05) is 0 Å². The molecule has 0 spiro atoms. The van der Waals surface area contributed by atoms with E-state index in [-0.39, 0.29) is 7.55 Å². The van der Waals surface area contributed by atoms with Gasteiger partial charge in [-0.15, -0.1) is 7.55 Å². The van der Waals surface area contributed by atoms with Crippen LogP contribution in [0.4, 0.5) is 0 Å². The van der Waals surface area contributed by atoms with Gasteiger partial charge in [-0.2, -0.15) is 0 Å². The zero-order valence-corrected chi connectivity index (χ0v) is 10.0. The molecule has 0 aromatic rings. The van der Waals surface area contributed by atoms with Gasteiger partial charge in [0.25, 0.3) is 0 Å². The Bertz CT molecular complexity index is 228. The summed E-state index contributed by atoms with van der Waals surface area (Å²) in [4.78, 5) is 0. The van der Waals surface area contributed by atoms with Crippen molar-refractivity contribution in [2.75, 3.05) is 13.3 Å². The van der Waals surface area contributed by atoms with Gasteiger partial charge in [0.2, 0.25) is 0 Å². The molecule has 0 radical (unpaired) electrons. The summed E-state index contributed by atoms with van der Waals surface area (Å²) in [6.45, 7) is 10.5. The van der Waals surface area contributed by atoms with E-state index in [0.717, 1.165) is 6.42 Å². The van der Waals surface area contributed by atoms with E-state index in [1.165, 1.54) is 12.0 Å². The van der Waals surface area contributed by atoms with Crippen molar-refractivity contribution in [1.29, 1.82) is 0 Å². The second-order valence-electron chi connectivity index (χ2n) is 3.29. The summed E-state index contributed by atoms with van der Waals surface area (Å²) in [6.07, 6.45) is 10.5. The van der Waals surface area contributed by atoms with E-state index >= 15 is 0 Å². The Morgan fingerprint density at radius 1 is 1.38 bits per heavy atom. The van der Waals surface area contributed by atoms with Crippen molar-refractivity contribution in [3.63, 3.8) is 0 Å². The molecule has 0 heterocycles. The molecule has 13 heavy (non-hydrogen) atoms. The SMILES string of the molecule is C=C/C(=C\C=C\C)CCC=[PH](C)C. The minimum atomic E-state index is -0.163. The Labute approximate surface area is 83.4 Å². The van der Waals surface area contributed by atoms with Crippen molar-refractivity contribution in [1.82, 2.24) is 0 Å². The standard InChI is InChI=1S/C12H21P/c1-5-7-9-12(6-2)10-8-11-13(3)4/h5-7,9,11,13H,2,8,10H2,1,3-4H3/b7-5+,12-9+. The van der Waals surface area contributed by atoms with Crippen molar-refractivity contribution < 1.29 is 0 Å². The number of rotatable bonds is 5. The fourth-order valence-corrected chi connectivity index (χ4v) is 1.72. The molecular weight excluding hydrogens is 175 g/mol. The Morgan fingerprint density at radius 2 is 2.08 bits per heavy atom. The lowest BCUT2D eigenvalue weighted by molar-refractivity contribution is 1.07. The largest absolute Gasteiger partial charge is 0.127 e. The van der Waals surface area contributed by atoms with Crippen molar-refractivity contribution in [2.45, 2.75) is 19.8 Å². The molecular formula is C12H21P. The lowest BCUT2D eigenvalue weighted by Gasteiger charge is -1.97. The van der Waals surface area contributed by atoms with Gasteiger partial charge in [-0.3, -0.25) is 0 Å². The quantitative estimate of drug-likeness (QED) is 0.464. The van der Waals surface area contributed by atoms with Gasteiger partial charge in [-0.05, 0) is 38.7 Å². The normalized spacial score (nSPS) is 12.5. The Morgan fingerprint density at radius 3 is 2.54 bits per heavy atom. The maximum Gasteiger partial charge on any atom is -0.0244 e. The van der Waals surface area contributed by atoms with E-state index in [0.29, 0.717) is 0 Å². The third-order valence-corrected chi connectivity index (χ3v) is 2.86. The molecule has 74 valence electrons. The van der Waals surface area contributed by atoms with Crippen LogP contribution in [0.5, 0.6) is 0 Å². The molecule has 0 N–H and O–H groups in total. The maximum absolute atomic E-state index is 3.80. The average molecular weight is 196 g/mol. The Balaban J connectivity index is 4.00. The highest BCUT2D eigenvalue weighted by Gasteiger charge is 1.88. The second-order valence-corrected chi connectivity index (χ2v) is 5.85. The first-order valence-electron chi connectivity index (χ1n) is 4.78. The topological polar surface area (TPSA) is 0 Å². The van der Waals surface area contributed by atoms with Crippen molar-refractivity contribution in [2.24, 2.45) is 0 Å². The average Bonchev–Trinajstić information content (AvgIpc) is 2.10. The smallest absolute Gasteiger partial charge is 0.0244 e. The summed E-state index contributed by atoms with van der Waals surface area (Å²) in [6, 6.07) is 0. The monoisotopic (exact) mass is 196 g/mol. The first-order valence-corrected chi connectivity index (χ1v) is 7.36. The molecule has 0 atom stereocenters. The summed E-state index contributed by atoms with van der Waals surface area (Å²) in [5, 5.41) is 0. The molecule has 0 saturated heterocycles. The van der Waals surface area contributed by atoms with E-state index in [4.69, 9.17) is 0 Å². The summed E-state index contributed by atoms with van der Waals surface area (Å²) >= 11 is 0. The van der Waals surface area contributed by atoms with Crippen LogP contribution in [-0.4, -0.2) is 19.1 Å². The zero-order chi connectivity index (χ0) is 10.1. The molecule has 0 fully saturated rings. The summed E-state index contributed by atoms with van der Waals surface area (Å²) in [5.41, 5.74) is 1.33. The summed E-state index contributed by atoms with van der Waals surface area (Å²) in [7, 11) is -0.163. The van der Waals surface area contributed by atoms with Crippen LogP contribution in [0.1, 0.15) is 19.8 Å². The number of hydrogen-bond donors (Lipinski definition) is 0. The highest BCUT2D eigenvalue weighted by atomic mass is 31.1.